The number of anilines is 3. The number of carbonyl (C=O) groups is 3. The molecule has 0 heterocycles. The lowest BCUT2D eigenvalue weighted by Crippen LogP contribution is -2.20. The van der Waals surface area contributed by atoms with Crippen LogP contribution in [0.3, 0.4) is 0 Å². The molecule has 1 unspecified atom stereocenters. The van der Waals surface area contributed by atoms with Gasteiger partial charge in [0, 0.05) is 24.6 Å². The maximum absolute atomic E-state index is 14.7. The predicted octanol–water partition coefficient (Wildman–Crippen LogP) is 7.29. The molecule has 4 rings (SSSR count). The van der Waals surface area contributed by atoms with E-state index in [0.29, 0.717) is 11.6 Å². The van der Waals surface area contributed by atoms with Gasteiger partial charge < -0.3 is 16.0 Å². The molecule has 3 aromatic rings. The predicted molar refractivity (Wildman–Crippen MR) is 141 cm³/mol. The molecule has 6 nitrogen and oxygen atoms in total. The molecular weight excluding hydrogens is 608 g/mol. The molecule has 0 aliphatic heterocycles. The first-order valence-electron chi connectivity index (χ1n) is 10.9. The lowest BCUT2D eigenvalue weighted by atomic mass is 10.1. The van der Waals surface area contributed by atoms with Crippen LogP contribution < -0.4 is 16.0 Å². The molecule has 1 saturated carbocycles. The molecule has 3 amide bonds. The molecule has 0 radical (unpaired) electrons. The normalized spacial score (nSPS) is 17.4. The number of benzene rings is 3. The standard InChI is InChI=1S/C25H15Cl4F4N3O3/c1-9(37)34-22-15(30)4-5-17(21(22)33)36-23(38)12-7-11(8-16(31)20(12)32)35-24(39)19-18(25(19,28)29)10-2-3-13(26)14(27)6-10/h2-8,18-19H,1H3,(H,34,37)(H,35,39)(H,36,38)/t18-,19?/m0/s1. The van der Waals surface area contributed by atoms with E-state index in [0.717, 1.165) is 25.1 Å². The van der Waals surface area contributed by atoms with Gasteiger partial charge in [0.1, 0.15) is 15.8 Å². The Morgan fingerprint density at radius 2 is 1.51 bits per heavy atom. The Balaban J connectivity index is 1.56. The molecule has 0 bridgehead atoms. The van der Waals surface area contributed by atoms with Crippen molar-refractivity contribution in [3.05, 3.63) is 86.9 Å². The summed E-state index contributed by atoms with van der Waals surface area (Å²) in [6.07, 6.45) is 0. The Kier molecular flexibility index (Phi) is 8.05. The van der Waals surface area contributed by atoms with E-state index in [1.165, 1.54) is 12.1 Å². The SMILES string of the molecule is CC(=O)Nc1c(F)ccc(NC(=O)c2cc(NC(=O)C3[C@H](c4ccc(Cl)c(Cl)c4)C3(Cl)Cl)cc(F)c2F)c1F. The van der Waals surface area contributed by atoms with Gasteiger partial charge in [-0.3, -0.25) is 14.4 Å². The molecule has 1 aliphatic carbocycles. The van der Waals surface area contributed by atoms with Crippen molar-refractivity contribution in [1.82, 2.24) is 0 Å². The lowest BCUT2D eigenvalue weighted by Gasteiger charge is -2.13. The second-order valence-corrected chi connectivity index (χ2v) is 10.8. The highest BCUT2D eigenvalue weighted by Gasteiger charge is 2.67. The van der Waals surface area contributed by atoms with Crippen LogP contribution in [-0.2, 0) is 9.59 Å². The zero-order valence-corrected chi connectivity index (χ0v) is 22.5. The van der Waals surface area contributed by atoms with Crippen molar-refractivity contribution >= 4 is 81.2 Å². The molecule has 2 atom stereocenters. The van der Waals surface area contributed by atoms with Gasteiger partial charge in [-0.25, -0.2) is 17.6 Å². The van der Waals surface area contributed by atoms with Gasteiger partial charge in [0.15, 0.2) is 17.5 Å². The lowest BCUT2D eigenvalue weighted by molar-refractivity contribution is -0.117. The summed E-state index contributed by atoms with van der Waals surface area (Å²) < 4.78 is 55.9. The second kappa shape index (κ2) is 10.8. The summed E-state index contributed by atoms with van der Waals surface area (Å²) in [5.74, 6) is -10.2. The van der Waals surface area contributed by atoms with Gasteiger partial charge >= 0.3 is 0 Å². The average molecular weight is 623 g/mol. The number of hydrogen-bond acceptors (Lipinski definition) is 3. The summed E-state index contributed by atoms with van der Waals surface area (Å²) in [7, 11) is 0. The summed E-state index contributed by atoms with van der Waals surface area (Å²) in [6, 6.07) is 7.58. The van der Waals surface area contributed by atoms with Crippen molar-refractivity contribution < 1.29 is 31.9 Å². The van der Waals surface area contributed by atoms with E-state index >= 15 is 0 Å². The zero-order valence-electron chi connectivity index (χ0n) is 19.4. The van der Waals surface area contributed by atoms with E-state index in [4.69, 9.17) is 46.4 Å². The molecule has 1 aliphatic rings. The van der Waals surface area contributed by atoms with Crippen molar-refractivity contribution in [2.75, 3.05) is 16.0 Å². The Morgan fingerprint density at radius 3 is 2.15 bits per heavy atom. The highest BCUT2D eigenvalue weighted by atomic mass is 35.5. The molecule has 0 spiro atoms. The monoisotopic (exact) mass is 621 g/mol. The summed E-state index contributed by atoms with van der Waals surface area (Å²) >= 11 is 24.5. The minimum atomic E-state index is -1.60. The van der Waals surface area contributed by atoms with Crippen LogP contribution in [-0.4, -0.2) is 22.1 Å². The first-order valence-corrected chi connectivity index (χ1v) is 12.4. The van der Waals surface area contributed by atoms with E-state index < -0.39 is 74.1 Å². The Labute approximate surface area is 238 Å². The molecule has 14 heteroatoms. The van der Waals surface area contributed by atoms with Crippen LogP contribution in [0, 0.1) is 29.2 Å². The van der Waals surface area contributed by atoms with Crippen LogP contribution in [0.4, 0.5) is 34.6 Å². The number of rotatable bonds is 6. The number of amides is 3. The van der Waals surface area contributed by atoms with E-state index in [1.807, 2.05) is 10.6 Å². The first-order chi connectivity index (χ1) is 18.2. The minimum Gasteiger partial charge on any atom is -0.326 e. The van der Waals surface area contributed by atoms with Crippen molar-refractivity contribution in [2.24, 2.45) is 5.92 Å². The van der Waals surface area contributed by atoms with Gasteiger partial charge in [0.05, 0.1) is 27.2 Å². The van der Waals surface area contributed by atoms with Crippen LogP contribution in [0.2, 0.25) is 10.0 Å². The molecule has 3 N–H and O–H groups in total. The highest BCUT2D eigenvalue weighted by Crippen LogP contribution is 2.65. The number of carbonyl (C=O) groups excluding carboxylic acids is 3. The van der Waals surface area contributed by atoms with Gasteiger partial charge in [-0.15, -0.1) is 23.2 Å². The molecular formula is C25H15Cl4F4N3O3. The Morgan fingerprint density at radius 1 is 0.821 bits per heavy atom. The van der Waals surface area contributed by atoms with Gasteiger partial charge in [-0.2, -0.15) is 0 Å². The molecule has 3 aromatic carbocycles. The number of nitrogens with one attached hydrogen (secondary N) is 3. The maximum atomic E-state index is 14.7. The smallest absolute Gasteiger partial charge is 0.258 e. The fraction of sp³-hybridized carbons (Fsp3) is 0.160. The van der Waals surface area contributed by atoms with Gasteiger partial charge in [0.25, 0.3) is 5.91 Å². The number of alkyl halides is 2. The van der Waals surface area contributed by atoms with Crippen molar-refractivity contribution in [1.29, 1.82) is 0 Å². The van der Waals surface area contributed by atoms with Crippen LogP contribution >= 0.6 is 46.4 Å². The summed E-state index contributed by atoms with van der Waals surface area (Å²) in [5.41, 5.74) is -2.20. The third-order valence-corrected chi connectivity index (χ3v) is 7.50. The molecule has 0 saturated heterocycles. The van der Waals surface area contributed by atoms with Crippen LogP contribution in [0.1, 0.15) is 28.8 Å². The molecule has 204 valence electrons. The number of halogens is 8. The van der Waals surface area contributed by atoms with Crippen molar-refractivity contribution in [2.45, 2.75) is 17.2 Å². The molecule has 1 fully saturated rings. The topological polar surface area (TPSA) is 87.3 Å². The largest absolute Gasteiger partial charge is 0.326 e. The van der Waals surface area contributed by atoms with Gasteiger partial charge in [0.2, 0.25) is 11.8 Å². The molecule has 39 heavy (non-hydrogen) atoms. The van der Waals surface area contributed by atoms with Crippen molar-refractivity contribution in [3.63, 3.8) is 0 Å². The van der Waals surface area contributed by atoms with Gasteiger partial charge in [-0.05, 0) is 35.9 Å². The van der Waals surface area contributed by atoms with E-state index in [-0.39, 0.29) is 15.7 Å². The first kappa shape index (κ1) is 28.9. The maximum Gasteiger partial charge on any atom is 0.258 e. The van der Waals surface area contributed by atoms with E-state index in [2.05, 4.69) is 5.32 Å². The average Bonchev–Trinajstić information content (AvgIpc) is 3.44. The summed E-state index contributed by atoms with van der Waals surface area (Å²) in [6.45, 7) is 1.01. The third kappa shape index (κ3) is 5.79. The van der Waals surface area contributed by atoms with Crippen molar-refractivity contribution in [3.8, 4) is 0 Å². The molecule has 0 aromatic heterocycles. The Bertz CT molecular complexity index is 1540. The number of hydrogen-bond donors (Lipinski definition) is 3. The minimum absolute atomic E-state index is 0.211. The van der Waals surface area contributed by atoms with Crippen LogP contribution in [0.15, 0.2) is 42.5 Å². The van der Waals surface area contributed by atoms with Gasteiger partial charge in [-0.1, -0.05) is 29.3 Å². The summed E-state index contributed by atoms with van der Waals surface area (Å²) in [4.78, 5) is 36.8. The highest BCUT2D eigenvalue weighted by molar-refractivity contribution is 6.53. The Hall–Kier alpha value is -3.05. The van der Waals surface area contributed by atoms with E-state index in [1.54, 1.807) is 6.07 Å². The summed E-state index contributed by atoms with van der Waals surface area (Å²) in [5, 5.41) is 6.74. The third-order valence-electron chi connectivity index (χ3n) is 5.82. The zero-order chi connectivity index (χ0) is 28.8. The van der Waals surface area contributed by atoms with Crippen LogP contribution in [0.5, 0.6) is 0 Å². The quantitative estimate of drug-likeness (QED) is 0.199. The fourth-order valence-electron chi connectivity index (χ4n) is 3.95. The van der Waals surface area contributed by atoms with Crippen LogP contribution in [0.25, 0.3) is 0 Å². The second-order valence-electron chi connectivity index (χ2n) is 8.53. The fourth-order valence-corrected chi connectivity index (χ4v) is 5.08. The van der Waals surface area contributed by atoms with E-state index in [9.17, 15) is 31.9 Å².